The largest absolute Gasteiger partial charge is 0.506 e. The van der Waals surface area contributed by atoms with Gasteiger partial charge in [0.15, 0.2) is 0 Å². The minimum atomic E-state index is -0.341. The van der Waals surface area contributed by atoms with Crippen LogP contribution in [0.3, 0.4) is 0 Å². The van der Waals surface area contributed by atoms with Crippen molar-refractivity contribution in [2.24, 2.45) is 0 Å². The Kier molecular flexibility index (Phi) is 3.24. The summed E-state index contributed by atoms with van der Waals surface area (Å²) in [6.45, 7) is 0. The second kappa shape index (κ2) is 4.07. The molecule has 0 aromatic heterocycles. The number of aromatic hydroxyl groups is 1. The van der Waals surface area contributed by atoms with Crippen molar-refractivity contribution in [3.05, 3.63) is 27.7 Å². The van der Waals surface area contributed by atoms with Crippen LogP contribution in [0.5, 0.6) is 5.75 Å². The molecule has 0 radical (unpaired) electrons. The molecule has 1 rings (SSSR count). The lowest BCUT2D eigenvalue weighted by Crippen LogP contribution is -2.21. The summed E-state index contributed by atoms with van der Waals surface area (Å²) in [6, 6.07) is 2.76. The third kappa shape index (κ3) is 2.11. The van der Waals surface area contributed by atoms with Crippen LogP contribution in [0.1, 0.15) is 10.4 Å². The number of halogens is 2. The van der Waals surface area contributed by atoms with Gasteiger partial charge in [-0.25, -0.2) is 0 Å². The van der Waals surface area contributed by atoms with Crippen LogP contribution in [0.15, 0.2) is 12.1 Å². The van der Waals surface area contributed by atoms with Gasteiger partial charge in [-0.1, -0.05) is 23.2 Å². The molecule has 5 heteroatoms. The Labute approximate surface area is 91.8 Å². The van der Waals surface area contributed by atoms with Crippen LogP contribution in [0.4, 0.5) is 0 Å². The number of carbonyl (C=O) groups is 1. The van der Waals surface area contributed by atoms with Crippen molar-refractivity contribution in [3.8, 4) is 5.75 Å². The van der Waals surface area contributed by atoms with Gasteiger partial charge in [-0.15, -0.1) is 0 Å². The van der Waals surface area contributed by atoms with Gasteiger partial charge in [-0.05, 0) is 12.1 Å². The predicted molar refractivity (Wildman–Crippen MR) is 56.1 cm³/mol. The highest BCUT2D eigenvalue weighted by Crippen LogP contribution is 2.31. The number of benzene rings is 1. The van der Waals surface area contributed by atoms with E-state index in [-0.39, 0.29) is 22.2 Å². The Bertz CT molecular complexity index is 377. The predicted octanol–water partition coefficient (Wildman–Crippen LogP) is 2.40. The van der Waals surface area contributed by atoms with Crippen molar-refractivity contribution >= 4 is 29.1 Å². The maximum absolute atomic E-state index is 11.5. The number of rotatable bonds is 1. The highest BCUT2D eigenvalue weighted by molar-refractivity contribution is 6.36. The van der Waals surface area contributed by atoms with Crippen molar-refractivity contribution < 1.29 is 9.90 Å². The van der Waals surface area contributed by atoms with Gasteiger partial charge in [-0.2, -0.15) is 0 Å². The summed E-state index contributed by atoms with van der Waals surface area (Å²) in [4.78, 5) is 12.9. The van der Waals surface area contributed by atoms with E-state index in [4.69, 9.17) is 23.2 Å². The monoisotopic (exact) mass is 233 g/mol. The fourth-order valence-corrected chi connectivity index (χ4v) is 1.46. The minimum Gasteiger partial charge on any atom is -0.506 e. The highest BCUT2D eigenvalue weighted by atomic mass is 35.5. The number of amides is 1. The molecule has 1 aromatic carbocycles. The molecule has 3 nitrogen and oxygen atoms in total. The topological polar surface area (TPSA) is 40.5 Å². The summed E-state index contributed by atoms with van der Waals surface area (Å²) in [5, 5.41) is 9.89. The number of hydrogen-bond donors (Lipinski definition) is 1. The van der Waals surface area contributed by atoms with Crippen LogP contribution >= 0.6 is 23.2 Å². The molecule has 0 aliphatic heterocycles. The lowest BCUT2D eigenvalue weighted by molar-refractivity contribution is 0.0824. The standard InChI is InChI=1S/C9H9Cl2NO2/c1-12(2)9(14)6-3-5(10)4-7(11)8(6)13/h3-4,13H,1-2H3. The molecule has 0 fully saturated rings. The fraction of sp³-hybridized carbons (Fsp3) is 0.222. The summed E-state index contributed by atoms with van der Waals surface area (Å²) >= 11 is 11.4. The van der Waals surface area contributed by atoms with Crippen LogP contribution in [-0.2, 0) is 0 Å². The normalized spacial score (nSPS) is 10.0. The first-order valence-corrected chi connectivity index (χ1v) is 4.58. The molecular formula is C9H9Cl2NO2. The van der Waals surface area contributed by atoms with E-state index in [0.717, 1.165) is 0 Å². The quantitative estimate of drug-likeness (QED) is 0.810. The van der Waals surface area contributed by atoms with E-state index >= 15 is 0 Å². The Balaban J connectivity index is 3.27. The van der Waals surface area contributed by atoms with Crippen molar-refractivity contribution in [1.29, 1.82) is 0 Å². The number of phenolic OH excluding ortho intramolecular Hbond substituents is 1. The van der Waals surface area contributed by atoms with Crippen molar-refractivity contribution in [2.75, 3.05) is 14.1 Å². The average molecular weight is 234 g/mol. The van der Waals surface area contributed by atoms with E-state index < -0.39 is 0 Å². The van der Waals surface area contributed by atoms with Crippen molar-refractivity contribution in [1.82, 2.24) is 4.90 Å². The summed E-state index contributed by atoms with van der Waals surface area (Å²) < 4.78 is 0. The molecule has 0 bridgehead atoms. The van der Waals surface area contributed by atoms with E-state index in [1.165, 1.54) is 17.0 Å². The van der Waals surface area contributed by atoms with Crippen molar-refractivity contribution in [3.63, 3.8) is 0 Å². The molecule has 1 amide bonds. The smallest absolute Gasteiger partial charge is 0.257 e. The van der Waals surface area contributed by atoms with Gasteiger partial charge in [0.1, 0.15) is 5.75 Å². The van der Waals surface area contributed by atoms with Crippen LogP contribution < -0.4 is 0 Å². The third-order valence-corrected chi connectivity index (χ3v) is 2.17. The molecule has 0 heterocycles. The van der Waals surface area contributed by atoms with Gasteiger partial charge < -0.3 is 10.0 Å². The molecular weight excluding hydrogens is 225 g/mol. The maximum Gasteiger partial charge on any atom is 0.257 e. The first-order valence-electron chi connectivity index (χ1n) is 3.83. The zero-order valence-electron chi connectivity index (χ0n) is 7.71. The molecule has 0 spiro atoms. The zero-order valence-corrected chi connectivity index (χ0v) is 9.23. The van der Waals surface area contributed by atoms with Gasteiger partial charge >= 0.3 is 0 Å². The average Bonchev–Trinajstić information content (AvgIpc) is 2.09. The van der Waals surface area contributed by atoms with Crippen LogP contribution in [-0.4, -0.2) is 30.0 Å². The molecule has 1 aromatic rings. The molecule has 1 N–H and O–H groups in total. The van der Waals surface area contributed by atoms with Gasteiger partial charge in [0.25, 0.3) is 5.91 Å². The lowest BCUT2D eigenvalue weighted by atomic mass is 10.2. The van der Waals surface area contributed by atoms with Gasteiger partial charge in [0.05, 0.1) is 10.6 Å². The molecule has 14 heavy (non-hydrogen) atoms. The molecule has 76 valence electrons. The maximum atomic E-state index is 11.5. The molecule has 0 aliphatic rings. The first-order chi connectivity index (χ1) is 6.43. The lowest BCUT2D eigenvalue weighted by Gasteiger charge is -2.12. The van der Waals surface area contributed by atoms with E-state index in [9.17, 15) is 9.90 Å². The Morgan fingerprint density at radius 2 is 1.93 bits per heavy atom. The number of hydrogen-bond acceptors (Lipinski definition) is 2. The Morgan fingerprint density at radius 1 is 1.36 bits per heavy atom. The van der Waals surface area contributed by atoms with E-state index in [0.29, 0.717) is 5.02 Å². The number of phenols is 1. The van der Waals surface area contributed by atoms with Gasteiger partial charge in [0, 0.05) is 19.1 Å². The second-order valence-corrected chi connectivity index (χ2v) is 3.83. The zero-order chi connectivity index (χ0) is 10.9. The van der Waals surface area contributed by atoms with Crippen LogP contribution in [0, 0.1) is 0 Å². The Hall–Kier alpha value is -0.930. The first kappa shape index (κ1) is 11.1. The second-order valence-electron chi connectivity index (χ2n) is 2.98. The van der Waals surface area contributed by atoms with E-state index in [1.807, 2.05) is 0 Å². The summed E-state index contributed by atoms with van der Waals surface area (Å²) in [6.07, 6.45) is 0. The number of carbonyl (C=O) groups excluding carboxylic acids is 1. The van der Waals surface area contributed by atoms with Gasteiger partial charge in [0.2, 0.25) is 0 Å². The summed E-state index contributed by atoms with van der Waals surface area (Å²) in [5.41, 5.74) is 0.104. The highest BCUT2D eigenvalue weighted by Gasteiger charge is 2.16. The third-order valence-electron chi connectivity index (χ3n) is 1.66. The molecule has 0 unspecified atom stereocenters. The summed E-state index contributed by atoms with van der Waals surface area (Å²) in [5.74, 6) is -0.582. The Morgan fingerprint density at radius 3 is 2.43 bits per heavy atom. The summed E-state index contributed by atoms with van der Waals surface area (Å²) in [7, 11) is 3.16. The van der Waals surface area contributed by atoms with E-state index in [1.54, 1.807) is 14.1 Å². The molecule has 0 saturated carbocycles. The molecule has 0 aliphatic carbocycles. The fourth-order valence-electron chi connectivity index (χ4n) is 0.970. The van der Waals surface area contributed by atoms with Crippen LogP contribution in [0.25, 0.3) is 0 Å². The SMILES string of the molecule is CN(C)C(=O)c1cc(Cl)cc(Cl)c1O. The van der Waals surface area contributed by atoms with E-state index in [2.05, 4.69) is 0 Å². The molecule has 0 atom stereocenters. The van der Waals surface area contributed by atoms with Crippen molar-refractivity contribution in [2.45, 2.75) is 0 Å². The van der Waals surface area contributed by atoms with Crippen LogP contribution in [0.2, 0.25) is 10.0 Å². The minimum absolute atomic E-state index is 0.0719. The molecule has 0 saturated heterocycles. The number of nitrogens with zero attached hydrogens (tertiary/aromatic N) is 1. The van der Waals surface area contributed by atoms with Gasteiger partial charge in [-0.3, -0.25) is 4.79 Å².